The van der Waals surface area contributed by atoms with Gasteiger partial charge in [0, 0.05) is 29.8 Å². The van der Waals surface area contributed by atoms with Crippen LogP contribution in [-0.4, -0.2) is 33.0 Å². The van der Waals surface area contributed by atoms with Gasteiger partial charge in [0.05, 0.1) is 5.56 Å². The number of rotatable bonds is 5. The number of phenolic OH excluding ortho intramolecular Hbond substituents is 2. The molecule has 6 nitrogen and oxygen atoms in total. The van der Waals surface area contributed by atoms with Crippen LogP contribution in [-0.2, 0) is 6.54 Å². The highest BCUT2D eigenvalue weighted by Crippen LogP contribution is 2.32. The third-order valence-electron chi connectivity index (χ3n) is 4.14. The fourth-order valence-corrected chi connectivity index (χ4v) is 2.62. The molecule has 1 saturated carbocycles. The molecule has 1 aliphatic rings. The molecule has 2 aromatic carbocycles. The standard InChI is InChI=1S/C18H17FN2O4/c19-15-7-10(17(20)24)1-2-11(15)9-21(12-3-4-12)18(25)14-6-5-13(22)8-16(14)23/h1-2,5-8,12,22-23H,3-4,9H2,(H2,20,24). The number of nitrogens with zero attached hydrogens (tertiary/aromatic N) is 1. The molecule has 130 valence electrons. The summed E-state index contributed by atoms with van der Waals surface area (Å²) >= 11 is 0. The maximum Gasteiger partial charge on any atom is 0.258 e. The Morgan fingerprint density at radius 1 is 1.16 bits per heavy atom. The van der Waals surface area contributed by atoms with E-state index in [-0.39, 0.29) is 40.8 Å². The lowest BCUT2D eigenvalue weighted by Crippen LogP contribution is -2.33. The lowest BCUT2D eigenvalue weighted by Gasteiger charge is -2.23. The molecule has 0 spiro atoms. The summed E-state index contributed by atoms with van der Waals surface area (Å²) in [6.07, 6.45) is 1.59. The average Bonchev–Trinajstić information content (AvgIpc) is 3.37. The Hall–Kier alpha value is -3.09. The van der Waals surface area contributed by atoms with Crippen LogP contribution in [0.1, 0.15) is 39.1 Å². The zero-order valence-corrected chi connectivity index (χ0v) is 13.3. The van der Waals surface area contributed by atoms with Crippen LogP contribution in [0.3, 0.4) is 0 Å². The minimum Gasteiger partial charge on any atom is -0.508 e. The molecule has 0 heterocycles. The van der Waals surface area contributed by atoms with Crippen molar-refractivity contribution in [3.8, 4) is 11.5 Å². The van der Waals surface area contributed by atoms with E-state index >= 15 is 0 Å². The van der Waals surface area contributed by atoms with Crippen molar-refractivity contribution in [1.29, 1.82) is 0 Å². The van der Waals surface area contributed by atoms with E-state index in [1.807, 2.05) is 0 Å². The highest BCUT2D eigenvalue weighted by Gasteiger charge is 2.34. The lowest BCUT2D eigenvalue weighted by molar-refractivity contribution is 0.0724. The number of phenols is 2. The minimum absolute atomic E-state index is 0.00862. The number of carbonyl (C=O) groups excluding carboxylic acids is 2. The Bertz CT molecular complexity index is 849. The molecular weight excluding hydrogens is 327 g/mol. The SMILES string of the molecule is NC(=O)c1ccc(CN(C(=O)c2ccc(O)cc2O)C2CC2)c(F)c1. The number of hydrogen-bond acceptors (Lipinski definition) is 4. The van der Waals surface area contributed by atoms with Gasteiger partial charge in [0.15, 0.2) is 0 Å². The monoisotopic (exact) mass is 344 g/mol. The van der Waals surface area contributed by atoms with Crippen LogP contribution in [0.15, 0.2) is 36.4 Å². The van der Waals surface area contributed by atoms with Crippen molar-refractivity contribution in [3.05, 3.63) is 58.9 Å². The average molecular weight is 344 g/mol. The zero-order chi connectivity index (χ0) is 18.1. The molecule has 0 aliphatic heterocycles. The molecule has 3 rings (SSSR count). The fourth-order valence-electron chi connectivity index (χ4n) is 2.62. The van der Waals surface area contributed by atoms with Crippen LogP contribution in [0.5, 0.6) is 11.5 Å². The molecule has 4 N–H and O–H groups in total. The Morgan fingerprint density at radius 3 is 2.44 bits per heavy atom. The number of amides is 2. The normalized spacial score (nSPS) is 13.5. The number of benzene rings is 2. The van der Waals surface area contributed by atoms with Crippen molar-refractivity contribution in [1.82, 2.24) is 4.90 Å². The Morgan fingerprint density at radius 2 is 1.88 bits per heavy atom. The van der Waals surface area contributed by atoms with E-state index in [0.717, 1.165) is 25.0 Å². The minimum atomic E-state index is -0.727. The highest BCUT2D eigenvalue weighted by atomic mass is 19.1. The van der Waals surface area contributed by atoms with Crippen molar-refractivity contribution < 1.29 is 24.2 Å². The molecule has 0 atom stereocenters. The molecular formula is C18H17FN2O4. The summed E-state index contributed by atoms with van der Waals surface area (Å²) in [5, 5.41) is 19.2. The molecule has 1 aliphatic carbocycles. The second-order valence-corrected chi connectivity index (χ2v) is 6.04. The second-order valence-electron chi connectivity index (χ2n) is 6.04. The van der Waals surface area contributed by atoms with E-state index in [1.54, 1.807) is 0 Å². The molecule has 2 aromatic rings. The predicted molar refractivity (Wildman–Crippen MR) is 87.6 cm³/mol. The van der Waals surface area contributed by atoms with E-state index in [9.17, 15) is 24.2 Å². The summed E-state index contributed by atoms with van der Waals surface area (Å²) in [6.45, 7) is 0.00862. The summed E-state index contributed by atoms with van der Waals surface area (Å²) in [4.78, 5) is 25.3. The van der Waals surface area contributed by atoms with Gasteiger partial charge in [-0.05, 0) is 37.1 Å². The van der Waals surface area contributed by atoms with E-state index in [4.69, 9.17) is 5.73 Å². The third kappa shape index (κ3) is 3.55. The first kappa shape index (κ1) is 16.8. The quantitative estimate of drug-likeness (QED) is 0.773. The van der Waals surface area contributed by atoms with Gasteiger partial charge in [0.2, 0.25) is 5.91 Å². The van der Waals surface area contributed by atoms with Gasteiger partial charge in [0.25, 0.3) is 5.91 Å². The van der Waals surface area contributed by atoms with Crippen LogP contribution in [0, 0.1) is 5.82 Å². The molecule has 1 fully saturated rings. The topological polar surface area (TPSA) is 104 Å². The second kappa shape index (κ2) is 6.43. The van der Waals surface area contributed by atoms with E-state index in [1.165, 1.54) is 29.2 Å². The zero-order valence-electron chi connectivity index (χ0n) is 13.3. The summed E-state index contributed by atoms with van der Waals surface area (Å²) < 4.78 is 14.2. The van der Waals surface area contributed by atoms with Crippen molar-refractivity contribution >= 4 is 11.8 Å². The number of halogens is 1. The van der Waals surface area contributed by atoms with E-state index in [0.29, 0.717) is 0 Å². The van der Waals surface area contributed by atoms with Crippen LogP contribution >= 0.6 is 0 Å². The predicted octanol–water partition coefficient (Wildman–Crippen LogP) is 2.14. The third-order valence-corrected chi connectivity index (χ3v) is 4.14. The maximum atomic E-state index is 14.2. The van der Waals surface area contributed by atoms with Gasteiger partial charge < -0.3 is 20.8 Å². The van der Waals surface area contributed by atoms with Crippen molar-refractivity contribution in [3.63, 3.8) is 0 Å². The largest absolute Gasteiger partial charge is 0.508 e. The number of hydrogen-bond donors (Lipinski definition) is 3. The first-order valence-corrected chi connectivity index (χ1v) is 7.78. The van der Waals surface area contributed by atoms with Gasteiger partial charge in [-0.2, -0.15) is 0 Å². The summed E-state index contributed by atoms with van der Waals surface area (Å²) in [7, 11) is 0. The lowest BCUT2D eigenvalue weighted by atomic mass is 10.1. The van der Waals surface area contributed by atoms with Gasteiger partial charge >= 0.3 is 0 Å². The van der Waals surface area contributed by atoms with Crippen LogP contribution in [0.2, 0.25) is 0 Å². The van der Waals surface area contributed by atoms with E-state index in [2.05, 4.69) is 0 Å². The molecule has 7 heteroatoms. The van der Waals surface area contributed by atoms with Gasteiger partial charge in [-0.25, -0.2) is 4.39 Å². The molecule has 0 aromatic heterocycles. The Labute approximate surface area is 143 Å². The molecule has 0 bridgehead atoms. The first-order valence-electron chi connectivity index (χ1n) is 7.78. The molecule has 0 unspecified atom stereocenters. The smallest absolute Gasteiger partial charge is 0.258 e. The number of nitrogens with two attached hydrogens (primary N) is 1. The van der Waals surface area contributed by atoms with Gasteiger partial charge in [-0.15, -0.1) is 0 Å². The van der Waals surface area contributed by atoms with Crippen molar-refractivity contribution in [2.45, 2.75) is 25.4 Å². The number of carbonyl (C=O) groups is 2. The van der Waals surface area contributed by atoms with E-state index < -0.39 is 17.6 Å². The molecule has 2 amide bonds. The Balaban J connectivity index is 1.87. The Kier molecular flexibility index (Phi) is 4.31. The molecule has 0 saturated heterocycles. The van der Waals surface area contributed by atoms with Crippen molar-refractivity contribution in [2.75, 3.05) is 0 Å². The number of primary amides is 1. The summed E-state index contributed by atoms with van der Waals surface area (Å²) in [6, 6.07) is 7.57. The van der Waals surface area contributed by atoms with Gasteiger partial charge in [-0.3, -0.25) is 9.59 Å². The van der Waals surface area contributed by atoms with Crippen LogP contribution < -0.4 is 5.73 Å². The fraction of sp³-hybridized carbons (Fsp3) is 0.222. The molecule has 0 radical (unpaired) electrons. The highest BCUT2D eigenvalue weighted by molar-refractivity contribution is 5.97. The van der Waals surface area contributed by atoms with Crippen LogP contribution in [0.25, 0.3) is 0 Å². The number of aromatic hydroxyl groups is 2. The van der Waals surface area contributed by atoms with Crippen molar-refractivity contribution in [2.24, 2.45) is 5.73 Å². The first-order chi connectivity index (χ1) is 11.9. The molecule has 25 heavy (non-hydrogen) atoms. The van der Waals surface area contributed by atoms with Gasteiger partial charge in [-0.1, -0.05) is 6.07 Å². The van der Waals surface area contributed by atoms with Crippen LogP contribution in [0.4, 0.5) is 4.39 Å². The summed E-state index contributed by atoms with van der Waals surface area (Å²) in [5.41, 5.74) is 5.48. The van der Waals surface area contributed by atoms with Gasteiger partial charge in [0.1, 0.15) is 17.3 Å². The maximum absolute atomic E-state index is 14.2. The summed E-state index contributed by atoms with van der Waals surface area (Å²) in [5.74, 6) is -2.28.